The van der Waals surface area contributed by atoms with Gasteiger partial charge in [0.2, 0.25) is 0 Å². The van der Waals surface area contributed by atoms with E-state index >= 15 is 0 Å². The van der Waals surface area contributed by atoms with Crippen molar-refractivity contribution in [3.63, 3.8) is 0 Å². The maximum absolute atomic E-state index is 10.9. The molecule has 0 bridgehead atoms. The Morgan fingerprint density at radius 3 is 2.56 bits per heavy atom. The number of rotatable bonds is 2. The monoisotopic (exact) mass is 231 g/mol. The highest BCUT2D eigenvalue weighted by Crippen LogP contribution is 2.20. The number of nitrogens with zero attached hydrogens (tertiary/aromatic N) is 1. The summed E-state index contributed by atoms with van der Waals surface area (Å²) in [5, 5.41) is 0.660. The molecule has 2 N–H and O–H groups in total. The summed E-state index contributed by atoms with van der Waals surface area (Å²) in [7, 11) is 0. The lowest BCUT2D eigenvalue weighted by molar-refractivity contribution is 0.0995. The van der Waals surface area contributed by atoms with E-state index in [0.717, 1.165) is 11.1 Å². The number of nitrogens with two attached hydrogens (primary N) is 1. The standard InChI is InChI=1S/C12H8ClN2O/c13-10-3-1-8(2-4-10)9-5-6-15-11(7-9)12(14)16/h1-6H,(H2,14,16). The molecule has 0 saturated carbocycles. The van der Waals surface area contributed by atoms with Crippen LogP contribution in [0.1, 0.15) is 10.5 Å². The maximum Gasteiger partial charge on any atom is 0.267 e. The summed E-state index contributed by atoms with van der Waals surface area (Å²) in [6.45, 7) is 0. The highest BCUT2D eigenvalue weighted by molar-refractivity contribution is 6.30. The molecule has 4 heteroatoms. The Balaban J connectivity index is 2.44. The Kier molecular flexibility index (Phi) is 2.88. The average molecular weight is 232 g/mol. The minimum atomic E-state index is -0.587. The molecule has 0 aliphatic carbocycles. The molecule has 1 radical (unpaired) electrons. The predicted molar refractivity (Wildman–Crippen MR) is 62.0 cm³/mol. The first-order chi connectivity index (χ1) is 7.66. The van der Waals surface area contributed by atoms with E-state index in [1.54, 1.807) is 18.2 Å². The molecule has 0 spiro atoms. The molecule has 0 atom stereocenters. The van der Waals surface area contributed by atoms with Crippen LogP contribution in [0.3, 0.4) is 0 Å². The van der Waals surface area contributed by atoms with Crippen LogP contribution in [0.5, 0.6) is 0 Å². The van der Waals surface area contributed by atoms with Crippen LogP contribution in [0.25, 0.3) is 11.1 Å². The number of aromatic nitrogens is 1. The van der Waals surface area contributed by atoms with E-state index in [9.17, 15) is 4.79 Å². The summed E-state index contributed by atoms with van der Waals surface area (Å²) in [6, 6.07) is 11.8. The van der Waals surface area contributed by atoms with Crippen molar-refractivity contribution in [2.75, 3.05) is 0 Å². The fourth-order valence-electron chi connectivity index (χ4n) is 1.31. The zero-order valence-electron chi connectivity index (χ0n) is 8.27. The molecule has 1 heterocycles. The number of benzene rings is 1. The van der Waals surface area contributed by atoms with Crippen LogP contribution in [-0.4, -0.2) is 10.9 Å². The van der Waals surface area contributed by atoms with E-state index in [2.05, 4.69) is 11.1 Å². The van der Waals surface area contributed by atoms with Gasteiger partial charge in [0.25, 0.3) is 5.91 Å². The van der Waals surface area contributed by atoms with Gasteiger partial charge in [0, 0.05) is 17.3 Å². The van der Waals surface area contributed by atoms with E-state index in [4.69, 9.17) is 17.3 Å². The molecular weight excluding hydrogens is 224 g/mol. The van der Waals surface area contributed by atoms with Gasteiger partial charge in [-0.1, -0.05) is 23.7 Å². The fourth-order valence-corrected chi connectivity index (χ4v) is 1.44. The van der Waals surface area contributed by atoms with Crippen LogP contribution in [0.15, 0.2) is 36.5 Å². The van der Waals surface area contributed by atoms with E-state index in [0.29, 0.717) is 5.02 Å². The molecule has 0 unspecified atom stereocenters. The van der Waals surface area contributed by atoms with E-state index in [1.165, 1.54) is 6.20 Å². The first kappa shape index (κ1) is 10.6. The molecule has 79 valence electrons. The number of amides is 1. The van der Waals surface area contributed by atoms with Gasteiger partial charge in [-0.05, 0) is 29.3 Å². The largest absolute Gasteiger partial charge is 0.364 e. The number of halogens is 1. The molecule has 0 aliphatic rings. The predicted octanol–water partition coefficient (Wildman–Crippen LogP) is 2.30. The smallest absolute Gasteiger partial charge is 0.267 e. The second kappa shape index (κ2) is 4.33. The third-order valence-electron chi connectivity index (χ3n) is 2.09. The van der Waals surface area contributed by atoms with E-state index < -0.39 is 5.91 Å². The van der Waals surface area contributed by atoms with Crippen LogP contribution in [0.4, 0.5) is 0 Å². The minimum absolute atomic E-state index is 0.132. The zero-order valence-corrected chi connectivity index (χ0v) is 9.03. The number of carbonyl (C=O) groups is 1. The topological polar surface area (TPSA) is 56.0 Å². The van der Waals surface area contributed by atoms with Gasteiger partial charge >= 0.3 is 0 Å². The molecule has 1 aromatic heterocycles. The highest BCUT2D eigenvalue weighted by atomic mass is 35.5. The molecule has 0 aliphatic heterocycles. The Bertz CT molecular complexity index is 523. The van der Waals surface area contributed by atoms with Gasteiger partial charge in [-0.3, -0.25) is 9.78 Å². The highest BCUT2D eigenvalue weighted by Gasteiger charge is 2.05. The summed E-state index contributed by atoms with van der Waals surface area (Å²) in [6.07, 6.45) is 1.53. The lowest BCUT2D eigenvalue weighted by Gasteiger charge is -2.02. The number of hydrogen-bond acceptors (Lipinski definition) is 2. The second-order valence-corrected chi connectivity index (χ2v) is 3.64. The van der Waals surface area contributed by atoms with E-state index in [-0.39, 0.29) is 5.69 Å². The molecular formula is C12H8ClN2O. The molecule has 1 amide bonds. The third kappa shape index (κ3) is 2.20. The van der Waals surface area contributed by atoms with Crippen molar-refractivity contribution in [2.24, 2.45) is 5.73 Å². The van der Waals surface area contributed by atoms with Crippen molar-refractivity contribution >= 4 is 17.5 Å². The Hall–Kier alpha value is -1.87. The maximum atomic E-state index is 10.9. The summed E-state index contributed by atoms with van der Waals surface area (Å²) < 4.78 is 0. The fraction of sp³-hybridized carbons (Fsp3) is 0. The number of hydrogen-bond donors (Lipinski definition) is 1. The minimum Gasteiger partial charge on any atom is -0.364 e. The molecule has 16 heavy (non-hydrogen) atoms. The van der Waals surface area contributed by atoms with Crippen molar-refractivity contribution < 1.29 is 4.79 Å². The van der Waals surface area contributed by atoms with Gasteiger partial charge in [0.15, 0.2) is 0 Å². The molecule has 3 nitrogen and oxygen atoms in total. The average Bonchev–Trinajstić information content (AvgIpc) is 2.30. The lowest BCUT2D eigenvalue weighted by Crippen LogP contribution is -2.12. The van der Waals surface area contributed by atoms with Crippen molar-refractivity contribution in [2.45, 2.75) is 0 Å². The van der Waals surface area contributed by atoms with Gasteiger partial charge in [0.05, 0.1) is 0 Å². The molecule has 2 rings (SSSR count). The SMILES string of the molecule is NC(=O)c1[c]c(-c2ccc(Cl)cc2)ccn1. The molecule has 0 fully saturated rings. The van der Waals surface area contributed by atoms with Gasteiger partial charge in [-0.25, -0.2) is 0 Å². The second-order valence-electron chi connectivity index (χ2n) is 3.20. The quantitative estimate of drug-likeness (QED) is 0.862. The van der Waals surface area contributed by atoms with Crippen molar-refractivity contribution in [1.82, 2.24) is 4.98 Å². The van der Waals surface area contributed by atoms with Crippen LogP contribution in [0, 0.1) is 6.07 Å². The number of pyridine rings is 1. The molecule has 2 aromatic rings. The van der Waals surface area contributed by atoms with Crippen molar-refractivity contribution in [3.8, 4) is 11.1 Å². The summed E-state index contributed by atoms with van der Waals surface area (Å²) in [5.74, 6) is -0.587. The number of carbonyl (C=O) groups excluding carboxylic acids is 1. The summed E-state index contributed by atoms with van der Waals surface area (Å²) in [5.41, 5.74) is 6.94. The lowest BCUT2D eigenvalue weighted by atomic mass is 10.1. The molecule has 0 saturated heterocycles. The van der Waals surface area contributed by atoms with Crippen LogP contribution in [0.2, 0.25) is 5.02 Å². The zero-order chi connectivity index (χ0) is 11.5. The normalized spacial score (nSPS) is 10.1. The van der Waals surface area contributed by atoms with Gasteiger partial charge < -0.3 is 5.73 Å². The van der Waals surface area contributed by atoms with Crippen molar-refractivity contribution in [1.29, 1.82) is 0 Å². The third-order valence-corrected chi connectivity index (χ3v) is 2.34. The Morgan fingerprint density at radius 2 is 1.94 bits per heavy atom. The summed E-state index contributed by atoms with van der Waals surface area (Å²) in [4.78, 5) is 14.8. The van der Waals surface area contributed by atoms with Crippen LogP contribution < -0.4 is 5.73 Å². The Morgan fingerprint density at radius 1 is 1.25 bits per heavy atom. The van der Waals surface area contributed by atoms with Crippen LogP contribution in [-0.2, 0) is 0 Å². The van der Waals surface area contributed by atoms with E-state index in [1.807, 2.05) is 12.1 Å². The van der Waals surface area contributed by atoms with Crippen LogP contribution >= 0.6 is 11.6 Å². The van der Waals surface area contributed by atoms with Gasteiger partial charge in [0.1, 0.15) is 5.69 Å². The molecule has 1 aromatic carbocycles. The Labute approximate surface area is 97.9 Å². The summed E-state index contributed by atoms with van der Waals surface area (Å²) >= 11 is 5.78. The first-order valence-corrected chi connectivity index (χ1v) is 4.98. The van der Waals surface area contributed by atoms with Gasteiger partial charge in [-0.2, -0.15) is 0 Å². The number of primary amides is 1. The van der Waals surface area contributed by atoms with Crippen molar-refractivity contribution in [3.05, 3.63) is 53.3 Å². The van der Waals surface area contributed by atoms with Gasteiger partial charge in [-0.15, -0.1) is 0 Å². The first-order valence-electron chi connectivity index (χ1n) is 4.61.